The van der Waals surface area contributed by atoms with Gasteiger partial charge in [0.05, 0.1) is 40.6 Å². The summed E-state index contributed by atoms with van der Waals surface area (Å²) in [4.78, 5) is 4.16. The van der Waals surface area contributed by atoms with Crippen molar-refractivity contribution < 1.29 is 0 Å². The number of rotatable bonds is 3. The van der Waals surface area contributed by atoms with Crippen LogP contribution in [0.4, 0.5) is 0 Å². The topological polar surface area (TPSA) is 35.6 Å². The molecule has 0 atom stereocenters. The molecule has 0 N–H and O–H groups in total. The third-order valence-corrected chi connectivity index (χ3v) is 3.89. The summed E-state index contributed by atoms with van der Waals surface area (Å²) in [6, 6.07) is 0. The maximum Gasteiger partial charge on any atom is 0.0948 e. The average Bonchev–Trinajstić information content (AvgIpc) is 2.81. The summed E-state index contributed by atoms with van der Waals surface area (Å²) in [6.07, 6.45) is 3.75. The van der Waals surface area contributed by atoms with Gasteiger partial charge in [-0.1, -0.05) is 0 Å². The van der Waals surface area contributed by atoms with Crippen LogP contribution in [0.15, 0.2) is 17.0 Å². The SMILES string of the molecule is CCn1cncc1Cn1nc(C)c(Br)c1C. The molecule has 86 valence electrons. The molecule has 5 heteroatoms. The lowest BCUT2D eigenvalue weighted by Crippen LogP contribution is -2.08. The minimum absolute atomic E-state index is 0.770. The Morgan fingerprint density at radius 1 is 1.38 bits per heavy atom. The van der Waals surface area contributed by atoms with Crippen molar-refractivity contribution in [1.82, 2.24) is 19.3 Å². The van der Waals surface area contributed by atoms with Gasteiger partial charge in [-0.25, -0.2) is 4.98 Å². The zero-order valence-electron chi connectivity index (χ0n) is 9.74. The first-order chi connectivity index (χ1) is 7.63. The van der Waals surface area contributed by atoms with Crippen LogP contribution in [-0.4, -0.2) is 19.3 Å². The second kappa shape index (κ2) is 4.41. The second-order valence-corrected chi connectivity index (χ2v) is 4.61. The van der Waals surface area contributed by atoms with Gasteiger partial charge in [0.2, 0.25) is 0 Å². The molecule has 0 fully saturated rings. The molecular formula is C11H15BrN4. The molecule has 0 aliphatic carbocycles. The molecule has 0 bridgehead atoms. The van der Waals surface area contributed by atoms with E-state index in [1.165, 1.54) is 5.69 Å². The maximum atomic E-state index is 4.49. The fourth-order valence-corrected chi connectivity index (χ4v) is 2.03. The first-order valence-corrected chi connectivity index (χ1v) is 6.11. The largest absolute Gasteiger partial charge is 0.333 e. The molecule has 0 saturated heterocycles. The fraction of sp³-hybridized carbons (Fsp3) is 0.455. The van der Waals surface area contributed by atoms with Crippen molar-refractivity contribution in [3.05, 3.63) is 34.1 Å². The highest BCUT2D eigenvalue weighted by Gasteiger charge is 2.10. The summed E-state index contributed by atoms with van der Waals surface area (Å²) in [7, 11) is 0. The van der Waals surface area contributed by atoms with Crippen LogP contribution in [0.3, 0.4) is 0 Å². The third kappa shape index (κ3) is 1.91. The minimum atomic E-state index is 0.770. The number of aryl methyl sites for hydroxylation is 2. The van der Waals surface area contributed by atoms with E-state index in [1.54, 1.807) is 0 Å². The van der Waals surface area contributed by atoms with E-state index in [0.29, 0.717) is 0 Å². The summed E-state index contributed by atoms with van der Waals surface area (Å²) in [6.45, 7) is 7.89. The highest BCUT2D eigenvalue weighted by atomic mass is 79.9. The lowest BCUT2D eigenvalue weighted by Gasteiger charge is -2.06. The predicted molar refractivity (Wildman–Crippen MR) is 66.4 cm³/mol. The highest BCUT2D eigenvalue weighted by molar-refractivity contribution is 9.10. The van der Waals surface area contributed by atoms with Crippen molar-refractivity contribution in [3.8, 4) is 0 Å². The Balaban J connectivity index is 2.30. The third-order valence-electron chi connectivity index (χ3n) is 2.74. The average molecular weight is 283 g/mol. The summed E-state index contributed by atoms with van der Waals surface area (Å²) < 4.78 is 5.22. The van der Waals surface area contributed by atoms with Crippen molar-refractivity contribution >= 4 is 15.9 Å². The highest BCUT2D eigenvalue weighted by Crippen LogP contribution is 2.20. The Hall–Kier alpha value is -1.10. The van der Waals surface area contributed by atoms with E-state index in [-0.39, 0.29) is 0 Å². The number of aromatic nitrogens is 4. The molecule has 0 unspecified atom stereocenters. The van der Waals surface area contributed by atoms with Gasteiger partial charge in [-0.15, -0.1) is 0 Å². The molecule has 0 spiro atoms. The summed E-state index contributed by atoms with van der Waals surface area (Å²) in [5.41, 5.74) is 3.36. The Labute approximate surface area is 103 Å². The standard InChI is InChI=1S/C11H15BrN4/c1-4-15-7-13-5-10(15)6-16-9(3)11(12)8(2)14-16/h5,7H,4,6H2,1-3H3. The van der Waals surface area contributed by atoms with Gasteiger partial charge in [0.1, 0.15) is 0 Å². The summed E-state index contributed by atoms with van der Waals surface area (Å²) in [5.74, 6) is 0. The van der Waals surface area contributed by atoms with Crippen LogP contribution < -0.4 is 0 Å². The number of imidazole rings is 1. The molecule has 0 aromatic carbocycles. The number of halogens is 1. The number of nitrogens with zero attached hydrogens (tertiary/aromatic N) is 4. The van der Waals surface area contributed by atoms with Crippen LogP contribution in [0.25, 0.3) is 0 Å². The molecule has 16 heavy (non-hydrogen) atoms. The van der Waals surface area contributed by atoms with E-state index in [2.05, 4.69) is 44.4 Å². The van der Waals surface area contributed by atoms with E-state index in [4.69, 9.17) is 0 Å². The van der Waals surface area contributed by atoms with E-state index < -0.39 is 0 Å². The van der Waals surface area contributed by atoms with Crippen LogP contribution in [-0.2, 0) is 13.1 Å². The van der Waals surface area contributed by atoms with Crippen LogP contribution in [0.2, 0.25) is 0 Å². The predicted octanol–water partition coefficient (Wildman–Crippen LogP) is 2.53. The Morgan fingerprint density at radius 3 is 2.69 bits per heavy atom. The second-order valence-electron chi connectivity index (χ2n) is 3.81. The van der Waals surface area contributed by atoms with Crippen molar-refractivity contribution in [1.29, 1.82) is 0 Å². The van der Waals surface area contributed by atoms with Gasteiger partial charge in [-0.05, 0) is 36.7 Å². The fourth-order valence-electron chi connectivity index (χ4n) is 1.75. The van der Waals surface area contributed by atoms with Crippen molar-refractivity contribution in [2.24, 2.45) is 0 Å². The molecule has 2 rings (SSSR count). The van der Waals surface area contributed by atoms with Crippen molar-refractivity contribution in [2.75, 3.05) is 0 Å². The monoisotopic (exact) mass is 282 g/mol. The van der Waals surface area contributed by atoms with Crippen LogP contribution in [0, 0.1) is 13.8 Å². The van der Waals surface area contributed by atoms with E-state index in [9.17, 15) is 0 Å². The normalized spacial score (nSPS) is 11.0. The van der Waals surface area contributed by atoms with E-state index in [0.717, 1.165) is 29.0 Å². The van der Waals surface area contributed by atoms with Gasteiger partial charge in [0, 0.05) is 6.54 Å². The summed E-state index contributed by atoms with van der Waals surface area (Å²) >= 11 is 3.53. The molecule has 0 saturated carbocycles. The van der Waals surface area contributed by atoms with Gasteiger partial charge in [0.25, 0.3) is 0 Å². The Morgan fingerprint density at radius 2 is 2.12 bits per heavy atom. The zero-order chi connectivity index (χ0) is 11.7. The Kier molecular flexibility index (Phi) is 3.14. The first-order valence-electron chi connectivity index (χ1n) is 5.32. The molecule has 0 amide bonds. The zero-order valence-corrected chi connectivity index (χ0v) is 11.3. The molecule has 2 aromatic rings. The molecule has 2 heterocycles. The first kappa shape index (κ1) is 11.4. The Bertz CT molecular complexity index is 498. The number of hydrogen-bond donors (Lipinski definition) is 0. The van der Waals surface area contributed by atoms with Gasteiger partial charge < -0.3 is 4.57 Å². The molecule has 0 aliphatic rings. The van der Waals surface area contributed by atoms with Gasteiger partial charge >= 0.3 is 0 Å². The quantitative estimate of drug-likeness (QED) is 0.867. The van der Waals surface area contributed by atoms with E-state index >= 15 is 0 Å². The van der Waals surface area contributed by atoms with Crippen LogP contribution in [0.1, 0.15) is 24.0 Å². The summed E-state index contributed by atoms with van der Waals surface area (Å²) in [5, 5.41) is 4.49. The van der Waals surface area contributed by atoms with Gasteiger partial charge in [-0.3, -0.25) is 4.68 Å². The molecule has 0 radical (unpaired) electrons. The van der Waals surface area contributed by atoms with Crippen molar-refractivity contribution in [3.63, 3.8) is 0 Å². The lowest BCUT2D eigenvalue weighted by atomic mass is 10.4. The van der Waals surface area contributed by atoms with Gasteiger partial charge in [-0.2, -0.15) is 5.10 Å². The number of hydrogen-bond acceptors (Lipinski definition) is 2. The molecule has 4 nitrogen and oxygen atoms in total. The lowest BCUT2D eigenvalue weighted by molar-refractivity contribution is 0.606. The van der Waals surface area contributed by atoms with Crippen LogP contribution in [0.5, 0.6) is 0 Å². The smallest absolute Gasteiger partial charge is 0.0948 e. The molecular weight excluding hydrogens is 268 g/mol. The molecule has 2 aromatic heterocycles. The minimum Gasteiger partial charge on any atom is -0.333 e. The van der Waals surface area contributed by atoms with Crippen molar-refractivity contribution in [2.45, 2.75) is 33.9 Å². The molecule has 0 aliphatic heterocycles. The van der Waals surface area contributed by atoms with Crippen LogP contribution >= 0.6 is 15.9 Å². The van der Waals surface area contributed by atoms with E-state index in [1.807, 2.05) is 24.1 Å². The van der Waals surface area contributed by atoms with Gasteiger partial charge in [0.15, 0.2) is 0 Å². The maximum absolute atomic E-state index is 4.49.